The van der Waals surface area contributed by atoms with Gasteiger partial charge in [0.2, 0.25) is 5.91 Å². The van der Waals surface area contributed by atoms with E-state index in [9.17, 15) is 4.79 Å². The molecule has 1 aliphatic heterocycles. The first-order valence-electron chi connectivity index (χ1n) is 8.38. The summed E-state index contributed by atoms with van der Waals surface area (Å²) in [7, 11) is 0. The summed E-state index contributed by atoms with van der Waals surface area (Å²) in [6.07, 6.45) is 5.41. The number of amides is 1. The third kappa shape index (κ3) is 5.56. The highest BCUT2D eigenvalue weighted by Crippen LogP contribution is 2.17. The SMILES string of the molecule is Cl.NC(C(=O)NCc1cccc(Cn2cccn2)c1)C1CCOCC1. The third-order valence-corrected chi connectivity index (χ3v) is 4.44. The van der Waals surface area contributed by atoms with Crippen molar-refractivity contribution < 1.29 is 9.53 Å². The molecule has 136 valence electrons. The Morgan fingerprint density at radius 2 is 2.08 bits per heavy atom. The van der Waals surface area contributed by atoms with Gasteiger partial charge in [-0.05, 0) is 36.0 Å². The number of aromatic nitrogens is 2. The van der Waals surface area contributed by atoms with Gasteiger partial charge in [-0.25, -0.2) is 0 Å². The fraction of sp³-hybridized carbons (Fsp3) is 0.444. The van der Waals surface area contributed by atoms with Crippen molar-refractivity contribution in [2.24, 2.45) is 11.7 Å². The van der Waals surface area contributed by atoms with Gasteiger partial charge in [0.15, 0.2) is 0 Å². The van der Waals surface area contributed by atoms with Crippen molar-refractivity contribution in [2.45, 2.75) is 32.0 Å². The average Bonchev–Trinajstić information content (AvgIpc) is 3.13. The van der Waals surface area contributed by atoms with E-state index in [1.807, 2.05) is 29.1 Å². The minimum absolute atomic E-state index is 0. The quantitative estimate of drug-likeness (QED) is 0.817. The molecule has 6 nitrogen and oxygen atoms in total. The summed E-state index contributed by atoms with van der Waals surface area (Å²) < 4.78 is 7.19. The predicted octanol–water partition coefficient (Wildman–Crippen LogP) is 1.72. The van der Waals surface area contributed by atoms with Crippen molar-refractivity contribution in [1.82, 2.24) is 15.1 Å². The summed E-state index contributed by atoms with van der Waals surface area (Å²) in [6, 6.07) is 9.59. The first kappa shape index (κ1) is 19.4. The topological polar surface area (TPSA) is 82.2 Å². The van der Waals surface area contributed by atoms with Crippen molar-refractivity contribution in [2.75, 3.05) is 13.2 Å². The summed E-state index contributed by atoms with van der Waals surface area (Å²) in [4.78, 5) is 12.3. The van der Waals surface area contributed by atoms with Crippen LogP contribution in [-0.2, 0) is 22.6 Å². The number of nitrogens with one attached hydrogen (secondary N) is 1. The molecule has 3 rings (SSSR count). The summed E-state index contributed by atoms with van der Waals surface area (Å²) in [5.41, 5.74) is 8.31. The van der Waals surface area contributed by atoms with Gasteiger partial charge in [0.05, 0.1) is 12.6 Å². The zero-order valence-electron chi connectivity index (χ0n) is 14.1. The second-order valence-electron chi connectivity index (χ2n) is 6.22. The zero-order chi connectivity index (χ0) is 16.8. The largest absolute Gasteiger partial charge is 0.381 e. The molecule has 0 radical (unpaired) electrons. The van der Waals surface area contributed by atoms with E-state index in [0.29, 0.717) is 19.8 Å². The Morgan fingerprint density at radius 3 is 2.80 bits per heavy atom. The molecule has 7 heteroatoms. The fourth-order valence-corrected chi connectivity index (χ4v) is 3.02. The summed E-state index contributed by atoms with van der Waals surface area (Å²) in [5.74, 6) is 0.129. The third-order valence-electron chi connectivity index (χ3n) is 4.44. The Labute approximate surface area is 154 Å². The molecule has 1 unspecified atom stereocenters. The molecule has 3 N–H and O–H groups in total. The number of ether oxygens (including phenoxy) is 1. The Kier molecular flexibility index (Phi) is 7.43. The van der Waals surface area contributed by atoms with Gasteiger partial charge in [-0.3, -0.25) is 9.48 Å². The Morgan fingerprint density at radius 1 is 1.32 bits per heavy atom. The normalized spacial score (nSPS) is 16.0. The summed E-state index contributed by atoms with van der Waals surface area (Å²) in [5, 5.41) is 7.17. The van der Waals surface area contributed by atoms with Crippen LogP contribution in [-0.4, -0.2) is 34.9 Å². The van der Waals surface area contributed by atoms with Gasteiger partial charge in [0, 0.05) is 32.2 Å². The van der Waals surface area contributed by atoms with Gasteiger partial charge in [-0.2, -0.15) is 5.10 Å². The molecule has 0 bridgehead atoms. The number of rotatable bonds is 6. The van der Waals surface area contributed by atoms with Gasteiger partial charge in [-0.1, -0.05) is 24.3 Å². The zero-order valence-corrected chi connectivity index (χ0v) is 15.0. The van der Waals surface area contributed by atoms with Gasteiger partial charge in [0.1, 0.15) is 0 Å². The minimum Gasteiger partial charge on any atom is -0.381 e. The number of halogens is 1. The second kappa shape index (κ2) is 9.56. The molecular weight excluding hydrogens is 340 g/mol. The minimum atomic E-state index is -0.457. The molecule has 2 aromatic rings. The van der Waals surface area contributed by atoms with E-state index in [0.717, 1.165) is 30.5 Å². The van der Waals surface area contributed by atoms with Crippen LogP contribution in [0.5, 0.6) is 0 Å². The second-order valence-corrected chi connectivity index (χ2v) is 6.22. The van der Waals surface area contributed by atoms with Crippen LogP contribution in [0, 0.1) is 5.92 Å². The van der Waals surface area contributed by atoms with Crippen LogP contribution in [0.4, 0.5) is 0 Å². The van der Waals surface area contributed by atoms with E-state index < -0.39 is 6.04 Å². The molecule has 1 saturated heterocycles. The first-order chi connectivity index (χ1) is 11.7. The molecule has 1 atom stereocenters. The smallest absolute Gasteiger partial charge is 0.237 e. The highest BCUT2D eigenvalue weighted by atomic mass is 35.5. The number of hydrogen-bond donors (Lipinski definition) is 2. The Balaban J connectivity index is 0.00000225. The van der Waals surface area contributed by atoms with Crippen LogP contribution < -0.4 is 11.1 Å². The van der Waals surface area contributed by atoms with Crippen molar-refractivity contribution in [3.8, 4) is 0 Å². The maximum Gasteiger partial charge on any atom is 0.237 e. The summed E-state index contributed by atoms with van der Waals surface area (Å²) >= 11 is 0. The average molecular weight is 365 g/mol. The molecule has 0 saturated carbocycles. The van der Waals surface area contributed by atoms with Crippen molar-refractivity contribution in [3.05, 3.63) is 53.9 Å². The van der Waals surface area contributed by atoms with E-state index in [4.69, 9.17) is 10.5 Å². The standard InChI is InChI=1S/C18H24N4O2.ClH/c19-17(16-5-9-24-10-6-16)18(23)20-12-14-3-1-4-15(11-14)13-22-8-2-7-21-22;/h1-4,7-8,11,16-17H,5-6,9-10,12-13,19H2,(H,20,23);1H. The van der Waals surface area contributed by atoms with Crippen molar-refractivity contribution in [1.29, 1.82) is 0 Å². The maximum atomic E-state index is 12.3. The lowest BCUT2D eigenvalue weighted by molar-refractivity contribution is -0.124. The number of nitrogens with zero attached hydrogens (tertiary/aromatic N) is 2. The predicted molar refractivity (Wildman–Crippen MR) is 98.4 cm³/mol. The summed E-state index contributed by atoms with van der Waals surface area (Å²) in [6.45, 7) is 2.60. The van der Waals surface area contributed by atoms with Crippen molar-refractivity contribution in [3.63, 3.8) is 0 Å². The van der Waals surface area contributed by atoms with Crippen LogP contribution in [0.3, 0.4) is 0 Å². The lowest BCUT2D eigenvalue weighted by Gasteiger charge is -2.26. The molecule has 1 amide bonds. The van der Waals surface area contributed by atoms with Gasteiger partial charge in [0.25, 0.3) is 0 Å². The highest BCUT2D eigenvalue weighted by Gasteiger charge is 2.26. The van der Waals surface area contributed by atoms with Crippen LogP contribution in [0.2, 0.25) is 0 Å². The maximum absolute atomic E-state index is 12.3. The number of carbonyl (C=O) groups excluding carboxylic acids is 1. The molecular formula is C18H25ClN4O2. The lowest BCUT2D eigenvalue weighted by Crippen LogP contribution is -2.46. The number of nitrogens with two attached hydrogens (primary N) is 1. The molecule has 1 aliphatic rings. The Hall–Kier alpha value is -1.89. The van der Waals surface area contributed by atoms with E-state index in [-0.39, 0.29) is 24.2 Å². The molecule has 2 heterocycles. The number of benzene rings is 1. The molecule has 1 fully saturated rings. The van der Waals surface area contributed by atoms with Crippen LogP contribution in [0.15, 0.2) is 42.7 Å². The number of hydrogen-bond acceptors (Lipinski definition) is 4. The highest BCUT2D eigenvalue weighted by molar-refractivity contribution is 5.85. The van der Waals surface area contributed by atoms with E-state index in [1.54, 1.807) is 6.20 Å². The van der Waals surface area contributed by atoms with E-state index in [2.05, 4.69) is 22.5 Å². The van der Waals surface area contributed by atoms with Crippen LogP contribution in [0.1, 0.15) is 24.0 Å². The molecule has 1 aromatic carbocycles. The molecule has 0 aliphatic carbocycles. The monoisotopic (exact) mass is 364 g/mol. The van der Waals surface area contributed by atoms with Gasteiger partial charge in [-0.15, -0.1) is 12.4 Å². The van der Waals surface area contributed by atoms with E-state index >= 15 is 0 Å². The van der Waals surface area contributed by atoms with Crippen LogP contribution in [0.25, 0.3) is 0 Å². The van der Waals surface area contributed by atoms with E-state index in [1.165, 1.54) is 0 Å². The van der Waals surface area contributed by atoms with Crippen molar-refractivity contribution >= 4 is 18.3 Å². The van der Waals surface area contributed by atoms with Gasteiger partial charge < -0.3 is 15.8 Å². The first-order valence-corrected chi connectivity index (χ1v) is 8.38. The fourth-order valence-electron chi connectivity index (χ4n) is 3.02. The van der Waals surface area contributed by atoms with Gasteiger partial charge >= 0.3 is 0 Å². The van der Waals surface area contributed by atoms with Crippen LogP contribution >= 0.6 is 12.4 Å². The Bertz CT molecular complexity index is 657. The molecule has 1 aromatic heterocycles. The molecule has 0 spiro atoms. The number of carbonyl (C=O) groups is 1. The molecule has 25 heavy (non-hydrogen) atoms. The lowest BCUT2D eigenvalue weighted by atomic mass is 9.92.